The maximum absolute atomic E-state index is 6.17. The zero-order valence-electron chi connectivity index (χ0n) is 13.4. The van der Waals surface area contributed by atoms with Crippen molar-refractivity contribution >= 4 is 0 Å². The van der Waals surface area contributed by atoms with E-state index in [0.717, 1.165) is 24.9 Å². The molecule has 19 heavy (non-hydrogen) atoms. The Hall–Kier alpha value is -0.300. The molecule has 0 aromatic heterocycles. The quantitative estimate of drug-likeness (QED) is 0.624. The molecule has 2 aliphatic rings. The zero-order valence-corrected chi connectivity index (χ0v) is 13.4. The van der Waals surface area contributed by atoms with Gasteiger partial charge in [0.25, 0.3) is 0 Å². The summed E-state index contributed by atoms with van der Waals surface area (Å²) >= 11 is 0. The maximum atomic E-state index is 6.17. The Bertz CT molecular complexity index is 302. The van der Waals surface area contributed by atoms with Crippen molar-refractivity contribution in [2.75, 3.05) is 6.61 Å². The van der Waals surface area contributed by atoms with Crippen LogP contribution in [0.15, 0.2) is 11.6 Å². The second-order valence-electron chi connectivity index (χ2n) is 7.83. The molecule has 1 heteroatoms. The van der Waals surface area contributed by atoms with Crippen molar-refractivity contribution in [1.29, 1.82) is 0 Å². The van der Waals surface area contributed by atoms with Crippen molar-refractivity contribution in [1.82, 2.24) is 0 Å². The Morgan fingerprint density at radius 1 is 1.11 bits per heavy atom. The van der Waals surface area contributed by atoms with Crippen molar-refractivity contribution < 1.29 is 4.74 Å². The molecular formula is C18H32O. The normalized spacial score (nSPS) is 33.1. The maximum Gasteiger partial charge on any atom is 0.0612 e. The van der Waals surface area contributed by atoms with Gasteiger partial charge in [0.2, 0.25) is 0 Å². The van der Waals surface area contributed by atoms with Crippen molar-refractivity contribution in [2.45, 2.75) is 78.7 Å². The zero-order chi connectivity index (χ0) is 13.9. The highest BCUT2D eigenvalue weighted by molar-refractivity contribution is 5.14. The molecule has 0 spiro atoms. The second kappa shape index (κ2) is 6.43. The third-order valence-electron chi connectivity index (χ3n) is 5.03. The van der Waals surface area contributed by atoms with Crippen LogP contribution < -0.4 is 0 Å². The van der Waals surface area contributed by atoms with Crippen molar-refractivity contribution in [3.05, 3.63) is 11.6 Å². The van der Waals surface area contributed by atoms with Crippen LogP contribution >= 0.6 is 0 Å². The monoisotopic (exact) mass is 264 g/mol. The molecule has 0 unspecified atom stereocenters. The summed E-state index contributed by atoms with van der Waals surface area (Å²) in [6.07, 6.45) is 12.1. The van der Waals surface area contributed by atoms with Crippen LogP contribution in [0.5, 0.6) is 0 Å². The van der Waals surface area contributed by atoms with Crippen LogP contribution in [0.4, 0.5) is 0 Å². The Morgan fingerprint density at radius 2 is 1.79 bits per heavy atom. The Morgan fingerprint density at radius 3 is 2.32 bits per heavy atom. The molecule has 0 aromatic carbocycles. The first kappa shape index (κ1) is 15.1. The van der Waals surface area contributed by atoms with E-state index in [9.17, 15) is 0 Å². The van der Waals surface area contributed by atoms with E-state index in [4.69, 9.17) is 4.74 Å². The van der Waals surface area contributed by atoms with E-state index in [1.54, 1.807) is 5.57 Å². The summed E-state index contributed by atoms with van der Waals surface area (Å²) in [6.45, 7) is 10.4. The lowest BCUT2D eigenvalue weighted by atomic mass is 9.79. The molecule has 0 aliphatic heterocycles. The topological polar surface area (TPSA) is 9.23 Å². The Balaban J connectivity index is 1.70. The highest BCUT2D eigenvalue weighted by Crippen LogP contribution is 2.34. The molecule has 1 saturated carbocycles. The van der Waals surface area contributed by atoms with Crippen LogP contribution in [0.2, 0.25) is 0 Å². The summed E-state index contributed by atoms with van der Waals surface area (Å²) in [5.41, 5.74) is 1.98. The van der Waals surface area contributed by atoms with Gasteiger partial charge in [-0.05, 0) is 49.4 Å². The molecule has 2 rings (SSSR count). The third-order valence-corrected chi connectivity index (χ3v) is 5.03. The molecule has 0 saturated heterocycles. The van der Waals surface area contributed by atoms with E-state index in [0.29, 0.717) is 11.5 Å². The fourth-order valence-electron chi connectivity index (χ4n) is 3.41. The third kappa shape index (κ3) is 4.63. The minimum absolute atomic E-state index is 0.352. The molecule has 110 valence electrons. The van der Waals surface area contributed by atoms with Crippen LogP contribution in [0, 0.1) is 17.3 Å². The van der Waals surface area contributed by atoms with Crippen LogP contribution in [0.3, 0.4) is 0 Å². The van der Waals surface area contributed by atoms with E-state index in [-0.39, 0.29) is 0 Å². The molecular weight excluding hydrogens is 232 g/mol. The van der Waals surface area contributed by atoms with Gasteiger partial charge in [-0.15, -0.1) is 0 Å². The molecule has 0 aromatic rings. The van der Waals surface area contributed by atoms with Crippen LogP contribution in [0.25, 0.3) is 0 Å². The van der Waals surface area contributed by atoms with Gasteiger partial charge in [0.1, 0.15) is 0 Å². The van der Waals surface area contributed by atoms with Crippen LogP contribution in [0.1, 0.15) is 72.6 Å². The predicted octanol–water partition coefficient (Wildman–Crippen LogP) is 5.35. The molecule has 0 bridgehead atoms. The molecule has 0 heterocycles. The first-order valence-corrected chi connectivity index (χ1v) is 8.26. The Kier molecular flexibility index (Phi) is 5.11. The van der Waals surface area contributed by atoms with E-state index in [2.05, 4.69) is 33.8 Å². The van der Waals surface area contributed by atoms with Crippen molar-refractivity contribution in [3.63, 3.8) is 0 Å². The lowest BCUT2D eigenvalue weighted by molar-refractivity contribution is 0.0117. The lowest BCUT2D eigenvalue weighted by Gasteiger charge is -2.31. The molecule has 1 nitrogen and oxygen atoms in total. The molecule has 0 amide bonds. The number of ether oxygens (including phenoxy) is 1. The molecule has 0 N–H and O–H groups in total. The van der Waals surface area contributed by atoms with Gasteiger partial charge < -0.3 is 4.74 Å². The smallest absolute Gasteiger partial charge is 0.0612 e. The number of allylic oxidation sites excluding steroid dienone is 1. The van der Waals surface area contributed by atoms with Gasteiger partial charge in [-0.2, -0.15) is 0 Å². The average molecular weight is 264 g/mol. The number of hydrogen-bond acceptors (Lipinski definition) is 1. The van der Waals surface area contributed by atoms with E-state index in [1.807, 2.05) is 0 Å². The summed E-state index contributed by atoms with van der Waals surface area (Å²) in [6, 6.07) is 0. The summed E-state index contributed by atoms with van der Waals surface area (Å²) < 4.78 is 6.17. The fourth-order valence-corrected chi connectivity index (χ4v) is 3.41. The van der Waals surface area contributed by atoms with Gasteiger partial charge in [0, 0.05) is 6.61 Å². The van der Waals surface area contributed by atoms with Crippen LogP contribution in [-0.4, -0.2) is 12.7 Å². The SMILES string of the molecule is CC1CCC(CO[C@@H]2CC=C(C(C)(C)C)CC2)CC1. The van der Waals surface area contributed by atoms with Crippen LogP contribution in [-0.2, 0) is 4.74 Å². The fraction of sp³-hybridized carbons (Fsp3) is 0.889. The second-order valence-corrected chi connectivity index (χ2v) is 7.83. The summed E-state index contributed by atoms with van der Waals surface area (Å²) in [5, 5.41) is 0. The van der Waals surface area contributed by atoms with Gasteiger partial charge in [-0.3, -0.25) is 0 Å². The van der Waals surface area contributed by atoms with Gasteiger partial charge in [0.15, 0.2) is 0 Å². The van der Waals surface area contributed by atoms with E-state index in [1.165, 1.54) is 38.5 Å². The number of rotatable bonds is 3. The van der Waals surface area contributed by atoms with Gasteiger partial charge >= 0.3 is 0 Å². The van der Waals surface area contributed by atoms with Crippen molar-refractivity contribution in [2.24, 2.45) is 17.3 Å². The number of hydrogen-bond donors (Lipinski definition) is 0. The van der Waals surface area contributed by atoms with Crippen molar-refractivity contribution in [3.8, 4) is 0 Å². The largest absolute Gasteiger partial charge is 0.378 e. The summed E-state index contributed by atoms with van der Waals surface area (Å²) in [7, 11) is 0. The first-order valence-electron chi connectivity index (χ1n) is 8.26. The highest BCUT2D eigenvalue weighted by Gasteiger charge is 2.24. The lowest BCUT2D eigenvalue weighted by Crippen LogP contribution is -2.24. The minimum Gasteiger partial charge on any atom is -0.378 e. The molecule has 1 fully saturated rings. The van der Waals surface area contributed by atoms with Gasteiger partial charge in [0.05, 0.1) is 6.10 Å². The first-order chi connectivity index (χ1) is 8.95. The summed E-state index contributed by atoms with van der Waals surface area (Å²) in [5.74, 6) is 1.78. The minimum atomic E-state index is 0.352. The highest BCUT2D eigenvalue weighted by atomic mass is 16.5. The average Bonchev–Trinajstić information content (AvgIpc) is 2.37. The molecule has 0 radical (unpaired) electrons. The Labute approximate surface area is 119 Å². The predicted molar refractivity (Wildman–Crippen MR) is 82.3 cm³/mol. The summed E-state index contributed by atoms with van der Waals surface area (Å²) in [4.78, 5) is 0. The van der Waals surface area contributed by atoms with Gasteiger partial charge in [-0.1, -0.05) is 52.2 Å². The van der Waals surface area contributed by atoms with Gasteiger partial charge in [-0.25, -0.2) is 0 Å². The standard InChI is InChI=1S/C18H32O/c1-14-5-7-15(8-6-14)13-19-17-11-9-16(10-12-17)18(2,3)4/h9,14-15,17H,5-8,10-13H2,1-4H3/t14?,15?,17-/m1/s1. The van der Waals surface area contributed by atoms with E-state index >= 15 is 0 Å². The van der Waals surface area contributed by atoms with E-state index < -0.39 is 0 Å². The molecule has 2 aliphatic carbocycles. The molecule has 1 atom stereocenters.